The molecule has 86 valence electrons. The summed E-state index contributed by atoms with van der Waals surface area (Å²) >= 11 is 8.27. The zero-order valence-electron chi connectivity index (χ0n) is 8.63. The highest BCUT2D eigenvalue weighted by atomic mass is 79.9. The molecule has 0 fully saturated rings. The summed E-state index contributed by atoms with van der Waals surface area (Å²) in [7, 11) is 0. The molecule has 4 nitrogen and oxygen atoms in total. The van der Waals surface area contributed by atoms with E-state index in [0.717, 1.165) is 4.47 Å². The number of benzene rings is 1. The van der Waals surface area contributed by atoms with Crippen molar-refractivity contribution in [2.24, 2.45) is 5.73 Å². The Kier molecular flexibility index (Phi) is 3.65. The van der Waals surface area contributed by atoms with Gasteiger partial charge in [0, 0.05) is 4.47 Å². The number of hydrogen-bond donors (Lipinski definition) is 1. The van der Waals surface area contributed by atoms with Gasteiger partial charge in [-0.05, 0) is 24.3 Å². The van der Waals surface area contributed by atoms with Gasteiger partial charge < -0.3 is 10.5 Å². The third-order valence-electron chi connectivity index (χ3n) is 1.96. The lowest BCUT2D eigenvalue weighted by Crippen LogP contribution is -2.12. The molecule has 2 N–H and O–H groups in total. The van der Waals surface area contributed by atoms with Crippen LogP contribution in [0.25, 0.3) is 0 Å². The maximum atomic E-state index is 5.58. The summed E-state index contributed by atoms with van der Waals surface area (Å²) in [5, 5.41) is 7.61. The van der Waals surface area contributed by atoms with E-state index in [1.54, 1.807) is 6.07 Å². The molecule has 1 aromatic carbocycles. The Morgan fingerprint density at radius 2 is 2.18 bits per heavy atom. The number of thiocarbonyl (C=S) groups is 1. The lowest BCUT2D eigenvalue weighted by atomic mass is 10.3. The molecule has 1 heterocycles. The summed E-state index contributed by atoms with van der Waals surface area (Å²) in [4.78, 5) is 0.227. The quantitative estimate of drug-likeness (QED) is 0.883. The third-order valence-corrected chi connectivity index (χ3v) is 2.68. The van der Waals surface area contributed by atoms with E-state index in [4.69, 9.17) is 22.7 Å². The van der Waals surface area contributed by atoms with Gasteiger partial charge in [-0.3, -0.25) is 0 Å². The summed E-state index contributed by atoms with van der Waals surface area (Å²) < 4.78 is 6.49. The van der Waals surface area contributed by atoms with E-state index in [1.165, 1.54) is 6.20 Å². The van der Waals surface area contributed by atoms with Crippen molar-refractivity contribution in [2.45, 2.75) is 0 Å². The predicted molar refractivity (Wildman–Crippen MR) is 72.1 cm³/mol. The van der Waals surface area contributed by atoms with Gasteiger partial charge in [-0.1, -0.05) is 34.2 Å². The number of ether oxygens (including phenoxy) is 1. The van der Waals surface area contributed by atoms with Crippen LogP contribution in [0.2, 0.25) is 0 Å². The number of rotatable bonds is 3. The van der Waals surface area contributed by atoms with Gasteiger partial charge in [0.25, 0.3) is 0 Å². The molecule has 0 bridgehead atoms. The first-order valence-electron chi connectivity index (χ1n) is 4.72. The molecule has 0 aliphatic carbocycles. The summed E-state index contributed by atoms with van der Waals surface area (Å²) in [5.74, 6) is 0.940. The van der Waals surface area contributed by atoms with E-state index in [-0.39, 0.29) is 4.99 Å². The third kappa shape index (κ3) is 2.98. The number of halogens is 1. The van der Waals surface area contributed by atoms with Crippen LogP contribution in [0.5, 0.6) is 11.6 Å². The highest BCUT2D eigenvalue weighted by Gasteiger charge is 2.09. The minimum Gasteiger partial charge on any atom is -0.437 e. The maximum Gasteiger partial charge on any atom is 0.249 e. The Morgan fingerprint density at radius 1 is 1.35 bits per heavy atom. The molecule has 0 aliphatic rings. The molecule has 0 radical (unpaired) electrons. The molecule has 0 aliphatic heterocycles. The molecule has 0 amide bonds. The maximum absolute atomic E-state index is 5.58. The van der Waals surface area contributed by atoms with E-state index in [1.807, 2.05) is 24.3 Å². The highest BCUT2D eigenvalue weighted by Crippen LogP contribution is 2.24. The molecule has 0 saturated carbocycles. The number of hydrogen-bond acceptors (Lipinski definition) is 4. The fourth-order valence-electron chi connectivity index (χ4n) is 1.22. The molecule has 0 spiro atoms. The van der Waals surface area contributed by atoms with Gasteiger partial charge in [0.1, 0.15) is 10.7 Å². The van der Waals surface area contributed by atoms with Gasteiger partial charge in [-0.25, -0.2) is 0 Å². The van der Waals surface area contributed by atoms with E-state index in [2.05, 4.69) is 26.1 Å². The first kappa shape index (κ1) is 11.9. The Hall–Kier alpha value is -1.53. The van der Waals surface area contributed by atoms with Crippen LogP contribution in [-0.2, 0) is 0 Å². The van der Waals surface area contributed by atoms with Crippen LogP contribution >= 0.6 is 28.1 Å². The smallest absolute Gasteiger partial charge is 0.249 e. The summed E-state index contributed by atoms with van der Waals surface area (Å²) in [5.41, 5.74) is 6.14. The summed E-state index contributed by atoms with van der Waals surface area (Å²) in [6.45, 7) is 0. The molecule has 2 rings (SSSR count). The van der Waals surface area contributed by atoms with Crippen molar-refractivity contribution in [1.29, 1.82) is 0 Å². The summed E-state index contributed by atoms with van der Waals surface area (Å²) in [6, 6.07) is 9.05. The van der Waals surface area contributed by atoms with Crippen molar-refractivity contribution in [3.63, 3.8) is 0 Å². The first-order chi connectivity index (χ1) is 8.16. The molecule has 6 heteroatoms. The normalized spacial score (nSPS) is 9.94. The van der Waals surface area contributed by atoms with Gasteiger partial charge in [0.15, 0.2) is 0 Å². The van der Waals surface area contributed by atoms with Crippen molar-refractivity contribution in [3.8, 4) is 11.6 Å². The van der Waals surface area contributed by atoms with E-state index >= 15 is 0 Å². The number of aromatic nitrogens is 2. The van der Waals surface area contributed by atoms with Crippen LogP contribution in [-0.4, -0.2) is 15.2 Å². The largest absolute Gasteiger partial charge is 0.437 e. The van der Waals surface area contributed by atoms with E-state index in [9.17, 15) is 0 Å². The molecular weight excluding hydrogens is 302 g/mol. The van der Waals surface area contributed by atoms with Crippen LogP contribution in [0, 0.1) is 0 Å². The topological polar surface area (TPSA) is 61.0 Å². The van der Waals surface area contributed by atoms with Crippen LogP contribution < -0.4 is 10.5 Å². The Labute approximate surface area is 112 Å². The van der Waals surface area contributed by atoms with Crippen LogP contribution in [0.1, 0.15) is 5.56 Å². The van der Waals surface area contributed by atoms with Crippen molar-refractivity contribution >= 4 is 33.1 Å². The van der Waals surface area contributed by atoms with E-state index in [0.29, 0.717) is 17.2 Å². The van der Waals surface area contributed by atoms with Gasteiger partial charge in [0.05, 0.1) is 11.8 Å². The van der Waals surface area contributed by atoms with Crippen LogP contribution in [0.3, 0.4) is 0 Å². The second-order valence-corrected chi connectivity index (χ2v) is 4.53. The Bertz CT molecular complexity index is 562. The minimum atomic E-state index is 0.227. The van der Waals surface area contributed by atoms with Crippen molar-refractivity contribution in [1.82, 2.24) is 10.2 Å². The van der Waals surface area contributed by atoms with Gasteiger partial charge in [-0.2, -0.15) is 5.10 Å². The fraction of sp³-hybridized carbons (Fsp3) is 0. The van der Waals surface area contributed by atoms with Crippen molar-refractivity contribution in [2.75, 3.05) is 0 Å². The second-order valence-electron chi connectivity index (χ2n) is 3.17. The lowest BCUT2D eigenvalue weighted by molar-refractivity contribution is 0.454. The molecule has 0 saturated heterocycles. The SMILES string of the molecule is NC(=S)c1ccnnc1Oc1cccc(Br)c1. The summed E-state index contributed by atoms with van der Waals surface area (Å²) in [6.07, 6.45) is 1.52. The average Bonchev–Trinajstić information content (AvgIpc) is 2.29. The lowest BCUT2D eigenvalue weighted by Gasteiger charge is -2.07. The Morgan fingerprint density at radius 3 is 2.88 bits per heavy atom. The highest BCUT2D eigenvalue weighted by molar-refractivity contribution is 9.10. The first-order valence-corrected chi connectivity index (χ1v) is 5.92. The molecule has 2 aromatic rings. The molecule has 0 unspecified atom stereocenters. The number of nitrogens with zero attached hydrogens (tertiary/aromatic N) is 2. The molecule has 1 aromatic heterocycles. The molecular formula is C11H8BrN3OS. The Balaban J connectivity index is 2.33. The van der Waals surface area contributed by atoms with Crippen LogP contribution in [0.15, 0.2) is 41.0 Å². The standard InChI is InChI=1S/C11H8BrN3OS/c12-7-2-1-3-8(6-7)16-11-9(10(13)17)4-5-14-15-11/h1-6H,(H2,13,17). The zero-order chi connectivity index (χ0) is 12.3. The van der Waals surface area contributed by atoms with Gasteiger partial charge >= 0.3 is 0 Å². The van der Waals surface area contributed by atoms with Crippen molar-refractivity contribution < 1.29 is 4.74 Å². The molecule has 0 atom stereocenters. The second kappa shape index (κ2) is 5.20. The molecule has 17 heavy (non-hydrogen) atoms. The predicted octanol–water partition coefficient (Wildman–Crippen LogP) is 2.67. The van der Waals surface area contributed by atoms with Gasteiger partial charge in [0.2, 0.25) is 5.88 Å². The van der Waals surface area contributed by atoms with Crippen LogP contribution in [0.4, 0.5) is 0 Å². The van der Waals surface area contributed by atoms with Crippen molar-refractivity contribution in [3.05, 3.63) is 46.6 Å². The monoisotopic (exact) mass is 309 g/mol. The average molecular weight is 310 g/mol. The van der Waals surface area contributed by atoms with Gasteiger partial charge in [-0.15, -0.1) is 5.10 Å². The zero-order valence-corrected chi connectivity index (χ0v) is 11.0. The fourth-order valence-corrected chi connectivity index (χ4v) is 1.76. The minimum absolute atomic E-state index is 0.227. The number of nitrogens with two attached hydrogens (primary N) is 1. The van der Waals surface area contributed by atoms with E-state index < -0.39 is 0 Å².